The molecular weight excluding hydrogens is 548 g/mol. The number of thioether (sulfide) groups is 1. The predicted molar refractivity (Wildman–Crippen MR) is 131 cm³/mol. The fourth-order valence-corrected chi connectivity index (χ4v) is 4.42. The van der Waals surface area contributed by atoms with Crippen molar-refractivity contribution < 1.29 is 23.8 Å². The van der Waals surface area contributed by atoms with E-state index in [1.165, 1.54) is 43.7 Å². The Kier molecular flexibility index (Phi) is 6.96. The van der Waals surface area contributed by atoms with Crippen molar-refractivity contribution in [3.05, 3.63) is 45.4 Å². The second kappa shape index (κ2) is 9.77. The first-order valence-corrected chi connectivity index (χ1v) is 12.2. The molecule has 1 amide bonds. The summed E-state index contributed by atoms with van der Waals surface area (Å²) >= 11 is 11.1. The van der Waals surface area contributed by atoms with Crippen molar-refractivity contribution in [1.29, 1.82) is 0 Å². The summed E-state index contributed by atoms with van der Waals surface area (Å²) in [7, 11) is 1.42. The highest BCUT2D eigenvalue weighted by Crippen LogP contribution is 2.48. The van der Waals surface area contributed by atoms with E-state index >= 15 is 0 Å². The molecule has 2 aromatic carbocycles. The van der Waals surface area contributed by atoms with Crippen molar-refractivity contribution in [1.82, 2.24) is 15.2 Å². The summed E-state index contributed by atoms with van der Waals surface area (Å²) in [6.07, 6.45) is 0.692. The number of esters is 1. The summed E-state index contributed by atoms with van der Waals surface area (Å²) in [5, 5.41) is 9.14. The van der Waals surface area contributed by atoms with E-state index in [2.05, 4.69) is 31.1 Å². The molecule has 0 saturated heterocycles. The fourth-order valence-electron chi connectivity index (χ4n) is 3.54. The molecule has 1 atom stereocenters. The lowest BCUT2D eigenvalue weighted by Gasteiger charge is -2.31. The van der Waals surface area contributed by atoms with Crippen molar-refractivity contribution in [2.75, 3.05) is 18.3 Å². The van der Waals surface area contributed by atoms with E-state index in [4.69, 9.17) is 25.8 Å². The molecule has 9 nitrogen and oxygen atoms in total. The van der Waals surface area contributed by atoms with Crippen LogP contribution < -0.4 is 19.1 Å². The van der Waals surface area contributed by atoms with E-state index in [9.17, 15) is 9.59 Å². The summed E-state index contributed by atoms with van der Waals surface area (Å²) in [5.41, 5.74) is 1.73. The molecule has 0 N–H and O–H groups in total. The summed E-state index contributed by atoms with van der Waals surface area (Å²) in [6.45, 7) is 2.66. The summed E-state index contributed by atoms with van der Waals surface area (Å²) < 4.78 is 18.0. The molecule has 3 aromatic rings. The first kappa shape index (κ1) is 24.2. The topological polar surface area (TPSA) is 104 Å². The number of methoxy groups -OCH3 is 1. The molecule has 2 heterocycles. The molecule has 0 radical (unpaired) electrons. The zero-order valence-electron chi connectivity index (χ0n) is 18.5. The van der Waals surface area contributed by atoms with Gasteiger partial charge in [-0.2, -0.15) is 4.98 Å². The number of anilines is 1. The van der Waals surface area contributed by atoms with Gasteiger partial charge in [0.25, 0.3) is 0 Å². The van der Waals surface area contributed by atoms with Crippen LogP contribution in [0.1, 0.15) is 25.6 Å². The van der Waals surface area contributed by atoms with Gasteiger partial charge in [0.1, 0.15) is 0 Å². The Bertz CT molecular complexity index is 1310. The Hall–Kier alpha value is -2.89. The van der Waals surface area contributed by atoms with Gasteiger partial charge in [0.2, 0.25) is 23.2 Å². The van der Waals surface area contributed by atoms with Crippen LogP contribution in [0, 0.1) is 0 Å². The smallest absolute Gasteiger partial charge is 0.308 e. The van der Waals surface area contributed by atoms with E-state index < -0.39 is 12.2 Å². The Labute approximate surface area is 212 Å². The Morgan fingerprint density at radius 1 is 1.21 bits per heavy atom. The van der Waals surface area contributed by atoms with E-state index in [0.717, 1.165) is 4.47 Å². The maximum atomic E-state index is 13.0. The van der Waals surface area contributed by atoms with Crippen LogP contribution in [0.2, 0.25) is 5.02 Å². The molecule has 0 unspecified atom stereocenters. The van der Waals surface area contributed by atoms with Gasteiger partial charge >= 0.3 is 5.97 Å². The van der Waals surface area contributed by atoms with Crippen LogP contribution in [0.5, 0.6) is 17.4 Å². The van der Waals surface area contributed by atoms with Gasteiger partial charge < -0.3 is 14.2 Å². The van der Waals surface area contributed by atoms with Crippen LogP contribution in [-0.2, 0) is 9.59 Å². The lowest BCUT2D eigenvalue weighted by molar-refractivity contribution is -0.132. The van der Waals surface area contributed by atoms with Gasteiger partial charge in [0, 0.05) is 35.0 Å². The van der Waals surface area contributed by atoms with Crippen LogP contribution in [0.4, 0.5) is 5.69 Å². The minimum atomic E-state index is -1.12. The number of aromatic nitrogens is 3. The molecular formula is C22H18BrClN4O5S. The van der Waals surface area contributed by atoms with Gasteiger partial charge in [0.15, 0.2) is 17.2 Å². The number of benzene rings is 2. The second-order valence-corrected chi connectivity index (χ2v) is 9.22. The first-order chi connectivity index (χ1) is 16.2. The minimum absolute atomic E-state index is 0.0740. The SMILES string of the molecule is COc1cc(Cl)cc([C@@H]2Oc3nc(SC)nnc3-c3cc(Br)ccc3N2C(C)=O)c1OC(C)=O. The van der Waals surface area contributed by atoms with Crippen LogP contribution in [0.15, 0.2) is 40.0 Å². The molecule has 4 rings (SSSR count). The van der Waals surface area contributed by atoms with Crippen LogP contribution in [0.3, 0.4) is 0 Å². The summed E-state index contributed by atoms with van der Waals surface area (Å²) in [5.74, 6) is -0.489. The number of fused-ring (bicyclic) bond motifs is 3. The molecule has 1 aromatic heterocycles. The molecule has 1 aliphatic rings. The number of hydrogen-bond donors (Lipinski definition) is 0. The number of rotatable bonds is 4. The number of carbonyl (C=O) groups excluding carboxylic acids is 2. The Morgan fingerprint density at radius 3 is 2.62 bits per heavy atom. The van der Waals surface area contributed by atoms with Crippen LogP contribution in [0.25, 0.3) is 11.3 Å². The molecule has 1 aliphatic heterocycles. The van der Waals surface area contributed by atoms with Crippen molar-refractivity contribution in [2.24, 2.45) is 0 Å². The molecule has 0 spiro atoms. The average Bonchev–Trinajstić information content (AvgIpc) is 2.93. The maximum Gasteiger partial charge on any atom is 0.308 e. The van der Waals surface area contributed by atoms with Gasteiger partial charge in [-0.1, -0.05) is 39.3 Å². The summed E-state index contributed by atoms with van der Waals surface area (Å²) in [6, 6.07) is 8.41. The fraction of sp³-hybridized carbons (Fsp3) is 0.227. The third-order valence-corrected chi connectivity index (χ3v) is 6.12. The number of hydrogen-bond acceptors (Lipinski definition) is 9. The van der Waals surface area contributed by atoms with Gasteiger partial charge in [-0.05, 0) is 30.5 Å². The van der Waals surface area contributed by atoms with E-state index in [0.29, 0.717) is 32.7 Å². The van der Waals surface area contributed by atoms with Gasteiger partial charge in [-0.25, -0.2) is 0 Å². The number of halogens is 2. The third-order valence-electron chi connectivity index (χ3n) is 4.87. The average molecular weight is 566 g/mol. The number of amides is 1. The quantitative estimate of drug-likeness (QED) is 0.244. The third kappa shape index (κ3) is 4.55. The molecule has 0 bridgehead atoms. The maximum absolute atomic E-state index is 13.0. The van der Waals surface area contributed by atoms with Gasteiger partial charge in [-0.3, -0.25) is 14.5 Å². The summed E-state index contributed by atoms with van der Waals surface area (Å²) in [4.78, 5) is 30.9. The highest BCUT2D eigenvalue weighted by molar-refractivity contribution is 9.10. The largest absolute Gasteiger partial charge is 0.493 e. The molecule has 0 fully saturated rings. The second-order valence-electron chi connectivity index (χ2n) is 7.09. The molecule has 34 heavy (non-hydrogen) atoms. The van der Waals surface area contributed by atoms with E-state index in [1.54, 1.807) is 24.3 Å². The van der Waals surface area contributed by atoms with Crippen molar-refractivity contribution in [3.8, 4) is 28.6 Å². The molecule has 0 saturated carbocycles. The van der Waals surface area contributed by atoms with Crippen molar-refractivity contribution in [3.63, 3.8) is 0 Å². The predicted octanol–water partition coefficient (Wildman–Crippen LogP) is 5.05. The van der Waals surface area contributed by atoms with E-state index in [1.807, 2.05) is 6.26 Å². The zero-order valence-corrected chi connectivity index (χ0v) is 21.6. The van der Waals surface area contributed by atoms with Crippen molar-refractivity contribution >= 4 is 56.9 Å². The molecule has 12 heteroatoms. The monoisotopic (exact) mass is 564 g/mol. The van der Waals surface area contributed by atoms with Crippen LogP contribution in [-0.4, -0.2) is 40.4 Å². The Balaban J connectivity index is 2.05. The van der Waals surface area contributed by atoms with E-state index in [-0.39, 0.29) is 23.3 Å². The number of nitrogens with zero attached hydrogens (tertiary/aromatic N) is 4. The highest BCUT2D eigenvalue weighted by atomic mass is 79.9. The normalized spacial score (nSPS) is 14.4. The lowest BCUT2D eigenvalue weighted by Crippen LogP contribution is -2.36. The first-order valence-electron chi connectivity index (χ1n) is 9.84. The highest BCUT2D eigenvalue weighted by Gasteiger charge is 2.37. The molecule has 176 valence electrons. The number of ether oxygens (including phenoxy) is 3. The van der Waals surface area contributed by atoms with Crippen molar-refractivity contribution in [2.45, 2.75) is 25.2 Å². The van der Waals surface area contributed by atoms with Crippen LogP contribution >= 0.6 is 39.3 Å². The zero-order chi connectivity index (χ0) is 24.6. The minimum Gasteiger partial charge on any atom is -0.493 e. The van der Waals surface area contributed by atoms with Gasteiger partial charge in [-0.15, -0.1) is 10.2 Å². The standard InChI is InChI=1S/C22H18BrClN4O5S/c1-10(29)28-16-6-5-12(23)7-14(16)18-20(25-22(34-4)27-26-18)33-21(28)15-8-13(24)9-17(31-3)19(15)32-11(2)30/h5-9,21H,1-4H3/t21-/m0/s1. The molecule has 0 aliphatic carbocycles. The Morgan fingerprint density at radius 2 is 1.97 bits per heavy atom. The lowest BCUT2D eigenvalue weighted by atomic mass is 10.1. The number of carbonyl (C=O) groups is 2. The van der Waals surface area contributed by atoms with Gasteiger partial charge in [0.05, 0.1) is 18.4 Å².